The molecule has 0 radical (unpaired) electrons. The van der Waals surface area contributed by atoms with E-state index in [4.69, 9.17) is 0 Å². The summed E-state index contributed by atoms with van der Waals surface area (Å²) in [6, 6.07) is 5.77. The number of carbonyl (C=O) groups excluding carboxylic acids is 1. The molecule has 0 aliphatic heterocycles. The second-order valence-corrected chi connectivity index (χ2v) is 6.92. The van der Waals surface area contributed by atoms with Crippen molar-refractivity contribution in [2.24, 2.45) is 5.92 Å². The van der Waals surface area contributed by atoms with E-state index in [1.807, 2.05) is 40.5 Å². The average molecular weight is 306 g/mol. The lowest BCUT2D eigenvalue weighted by molar-refractivity contribution is 0.0369. The van der Waals surface area contributed by atoms with E-state index >= 15 is 0 Å². The van der Waals surface area contributed by atoms with Crippen molar-refractivity contribution < 1.29 is 9.90 Å². The zero-order valence-corrected chi connectivity index (χ0v) is 13.5. The third kappa shape index (κ3) is 4.19. The van der Waals surface area contributed by atoms with E-state index in [0.29, 0.717) is 17.2 Å². The minimum atomic E-state index is -0.880. The average Bonchev–Trinajstić information content (AvgIpc) is 3.04. The Bertz CT molecular complexity index is 585. The molecular formula is C16H22N2O2S. The molecule has 4 nitrogen and oxygen atoms in total. The van der Waals surface area contributed by atoms with Crippen LogP contribution in [0.3, 0.4) is 0 Å². The molecule has 0 bridgehead atoms. The zero-order chi connectivity index (χ0) is 15.5. The van der Waals surface area contributed by atoms with Gasteiger partial charge in [-0.25, -0.2) is 0 Å². The molecule has 0 spiro atoms. The van der Waals surface area contributed by atoms with Gasteiger partial charge in [-0.3, -0.25) is 4.79 Å². The van der Waals surface area contributed by atoms with E-state index in [9.17, 15) is 9.90 Å². The number of thiophene rings is 1. The quantitative estimate of drug-likeness (QED) is 0.862. The van der Waals surface area contributed by atoms with Crippen LogP contribution in [0.5, 0.6) is 0 Å². The number of hydrogen-bond acceptors (Lipinski definition) is 3. The Labute approximate surface area is 129 Å². The lowest BCUT2D eigenvalue weighted by Crippen LogP contribution is -2.41. The molecule has 1 atom stereocenters. The van der Waals surface area contributed by atoms with Crippen LogP contribution in [0.25, 0.3) is 5.69 Å². The molecule has 2 rings (SSSR count). The fraction of sp³-hybridized carbons (Fsp3) is 0.438. The molecule has 0 fully saturated rings. The molecule has 1 amide bonds. The Morgan fingerprint density at radius 2 is 2.10 bits per heavy atom. The predicted molar refractivity (Wildman–Crippen MR) is 86.1 cm³/mol. The van der Waals surface area contributed by atoms with Gasteiger partial charge in [0, 0.05) is 18.9 Å². The smallest absolute Gasteiger partial charge is 0.263 e. The summed E-state index contributed by atoms with van der Waals surface area (Å²) in [7, 11) is 0. The van der Waals surface area contributed by atoms with E-state index < -0.39 is 5.60 Å². The third-order valence-electron chi connectivity index (χ3n) is 3.21. The van der Waals surface area contributed by atoms with Crippen LogP contribution in [-0.4, -0.2) is 27.7 Å². The molecule has 0 saturated carbocycles. The third-order valence-corrected chi connectivity index (χ3v) is 4.11. The number of aliphatic hydroxyl groups is 1. The summed E-state index contributed by atoms with van der Waals surface area (Å²) in [5.74, 6) is 0.242. The van der Waals surface area contributed by atoms with Crippen molar-refractivity contribution in [3.05, 3.63) is 40.8 Å². The Balaban J connectivity index is 2.04. The van der Waals surface area contributed by atoms with E-state index in [2.05, 4.69) is 19.2 Å². The predicted octanol–water partition coefficient (Wildman–Crippen LogP) is 3.07. The van der Waals surface area contributed by atoms with Crippen LogP contribution in [0.1, 0.15) is 36.9 Å². The SMILES string of the molecule is CC(C)CC(C)(O)CNC(=O)c1sccc1-n1cccc1. The van der Waals surface area contributed by atoms with Gasteiger partial charge in [0.1, 0.15) is 4.88 Å². The lowest BCUT2D eigenvalue weighted by atomic mass is 9.94. The molecule has 114 valence electrons. The first-order valence-electron chi connectivity index (χ1n) is 7.10. The van der Waals surface area contributed by atoms with E-state index in [1.165, 1.54) is 11.3 Å². The van der Waals surface area contributed by atoms with Crippen molar-refractivity contribution in [1.82, 2.24) is 9.88 Å². The summed E-state index contributed by atoms with van der Waals surface area (Å²) in [5, 5.41) is 15.0. The van der Waals surface area contributed by atoms with Gasteiger partial charge >= 0.3 is 0 Å². The Morgan fingerprint density at radius 1 is 1.43 bits per heavy atom. The zero-order valence-electron chi connectivity index (χ0n) is 12.7. The first kappa shape index (κ1) is 15.8. The van der Waals surface area contributed by atoms with Crippen LogP contribution in [0.4, 0.5) is 0 Å². The number of rotatable bonds is 6. The standard InChI is InChI=1S/C16H22N2O2S/c1-12(2)10-16(3,20)11-17-15(19)14-13(6-9-21-14)18-7-4-5-8-18/h4-9,12,20H,10-11H2,1-3H3,(H,17,19). The minimum Gasteiger partial charge on any atom is -0.388 e. The first-order valence-corrected chi connectivity index (χ1v) is 7.98. The van der Waals surface area contributed by atoms with Crippen LogP contribution in [0.2, 0.25) is 0 Å². The van der Waals surface area contributed by atoms with E-state index in [1.54, 1.807) is 6.92 Å². The van der Waals surface area contributed by atoms with Gasteiger partial charge in [-0.1, -0.05) is 13.8 Å². The molecule has 2 aromatic heterocycles. The maximum atomic E-state index is 12.3. The highest BCUT2D eigenvalue weighted by atomic mass is 32.1. The van der Waals surface area contributed by atoms with Gasteiger partial charge in [-0.2, -0.15) is 0 Å². The van der Waals surface area contributed by atoms with Gasteiger partial charge in [0.15, 0.2) is 0 Å². The van der Waals surface area contributed by atoms with Gasteiger partial charge in [0.05, 0.1) is 11.3 Å². The van der Waals surface area contributed by atoms with Crippen molar-refractivity contribution in [3.63, 3.8) is 0 Å². The van der Waals surface area contributed by atoms with Gasteiger partial charge in [0.2, 0.25) is 0 Å². The van der Waals surface area contributed by atoms with Gasteiger partial charge in [-0.15, -0.1) is 11.3 Å². The Morgan fingerprint density at radius 3 is 2.71 bits per heavy atom. The summed E-state index contributed by atoms with van der Waals surface area (Å²) in [4.78, 5) is 13.0. The molecule has 2 N–H and O–H groups in total. The van der Waals surface area contributed by atoms with Gasteiger partial charge < -0.3 is 15.0 Å². The molecular weight excluding hydrogens is 284 g/mol. The summed E-state index contributed by atoms with van der Waals surface area (Å²) in [6.07, 6.45) is 4.48. The second-order valence-electron chi connectivity index (χ2n) is 6.00. The molecule has 0 saturated heterocycles. The summed E-state index contributed by atoms with van der Waals surface area (Å²) < 4.78 is 1.91. The van der Waals surface area contributed by atoms with Crippen molar-refractivity contribution in [1.29, 1.82) is 0 Å². The topological polar surface area (TPSA) is 54.3 Å². The van der Waals surface area contributed by atoms with Crippen LogP contribution in [0.15, 0.2) is 36.0 Å². The highest BCUT2D eigenvalue weighted by Gasteiger charge is 2.24. The lowest BCUT2D eigenvalue weighted by Gasteiger charge is -2.25. The van der Waals surface area contributed by atoms with Crippen molar-refractivity contribution in [2.75, 3.05) is 6.54 Å². The number of aromatic nitrogens is 1. The summed E-state index contributed by atoms with van der Waals surface area (Å²) >= 11 is 1.41. The van der Waals surface area contributed by atoms with Gasteiger partial charge in [0.25, 0.3) is 5.91 Å². The van der Waals surface area contributed by atoms with Crippen LogP contribution in [0, 0.1) is 5.92 Å². The number of amides is 1. The number of nitrogens with zero attached hydrogens (tertiary/aromatic N) is 1. The summed E-state index contributed by atoms with van der Waals surface area (Å²) in [6.45, 7) is 6.13. The van der Waals surface area contributed by atoms with Crippen LogP contribution < -0.4 is 5.32 Å². The molecule has 5 heteroatoms. The molecule has 1 unspecified atom stereocenters. The minimum absolute atomic E-state index is 0.141. The highest BCUT2D eigenvalue weighted by Crippen LogP contribution is 2.22. The molecule has 0 aliphatic rings. The Kier molecular flexibility index (Phi) is 4.85. The molecule has 2 aromatic rings. The first-order chi connectivity index (χ1) is 9.89. The largest absolute Gasteiger partial charge is 0.388 e. The van der Waals surface area contributed by atoms with Gasteiger partial charge in [-0.05, 0) is 42.8 Å². The number of hydrogen-bond donors (Lipinski definition) is 2. The monoisotopic (exact) mass is 306 g/mol. The second kappa shape index (κ2) is 6.45. The Hall–Kier alpha value is -1.59. The van der Waals surface area contributed by atoms with Crippen molar-refractivity contribution >= 4 is 17.2 Å². The number of nitrogens with one attached hydrogen (secondary N) is 1. The normalized spacial score (nSPS) is 14.1. The molecule has 0 aromatic carbocycles. The summed E-state index contributed by atoms with van der Waals surface area (Å²) in [5.41, 5.74) is -0.0136. The molecule has 0 aliphatic carbocycles. The fourth-order valence-electron chi connectivity index (χ4n) is 2.47. The van der Waals surface area contributed by atoms with E-state index in [-0.39, 0.29) is 12.5 Å². The van der Waals surface area contributed by atoms with Crippen LogP contribution >= 0.6 is 11.3 Å². The maximum absolute atomic E-state index is 12.3. The molecule has 21 heavy (non-hydrogen) atoms. The molecule has 2 heterocycles. The van der Waals surface area contributed by atoms with Crippen molar-refractivity contribution in [3.8, 4) is 5.69 Å². The number of carbonyl (C=O) groups is 1. The fourth-order valence-corrected chi connectivity index (χ4v) is 3.28. The maximum Gasteiger partial charge on any atom is 0.263 e. The van der Waals surface area contributed by atoms with Crippen LogP contribution in [-0.2, 0) is 0 Å². The van der Waals surface area contributed by atoms with Crippen molar-refractivity contribution in [2.45, 2.75) is 32.8 Å². The van der Waals surface area contributed by atoms with E-state index in [0.717, 1.165) is 5.69 Å². The highest BCUT2D eigenvalue weighted by molar-refractivity contribution is 7.12.